The van der Waals surface area contributed by atoms with Crippen LogP contribution in [0.5, 0.6) is 11.5 Å². The largest absolute Gasteiger partial charge is 0.508 e. The van der Waals surface area contributed by atoms with Crippen LogP contribution in [0.3, 0.4) is 0 Å². The van der Waals surface area contributed by atoms with Gasteiger partial charge in [0.05, 0.1) is 5.56 Å². The van der Waals surface area contributed by atoms with Gasteiger partial charge in [-0.3, -0.25) is 4.79 Å². The third kappa shape index (κ3) is 2.90. The number of carbonyl (C=O) groups excluding carboxylic acids is 1. The molecule has 2 rings (SSSR count). The number of aldehydes is 1. The Morgan fingerprint density at radius 1 is 1.22 bits per heavy atom. The third-order valence-electron chi connectivity index (χ3n) is 2.47. The van der Waals surface area contributed by atoms with Gasteiger partial charge in [0, 0.05) is 16.1 Å². The first kappa shape index (κ1) is 12.6. The van der Waals surface area contributed by atoms with Crippen molar-refractivity contribution in [3.63, 3.8) is 0 Å². The number of rotatable bonds is 4. The van der Waals surface area contributed by atoms with Gasteiger partial charge in [0.15, 0.2) is 6.29 Å². The summed E-state index contributed by atoms with van der Waals surface area (Å²) in [6.07, 6.45) is 0.703. The summed E-state index contributed by atoms with van der Waals surface area (Å²) in [5.41, 5.74) is 1.39. The van der Waals surface area contributed by atoms with Crippen LogP contribution in [0.25, 0.3) is 0 Å². The van der Waals surface area contributed by atoms with Crippen LogP contribution in [-0.2, 0) is 6.61 Å². The zero-order valence-corrected chi connectivity index (χ0v) is 11.1. The number of phenolic OH excluding ortho intramolecular Hbond substituents is 1. The molecule has 0 aliphatic heterocycles. The highest BCUT2D eigenvalue weighted by Crippen LogP contribution is 2.25. The van der Waals surface area contributed by atoms with Crippen molar-refractivity contribution in [2.45, 2.75) is 6.61 Å². The summed E-state index contributed by atoms with van der Waals surface area (Å²) in [6.45, 7) is 0.325. The van der Waals surface area contributed by atoms with Gasteiger partial charge in [-0.1, -0.05) is 34.1 Å². The normalized spacial score (nSPS) is 10.1. The molecule has 1 N–H and O–H groups in total. The number of phenols is 1. The van der Waals surface area contributed by atoms with Crippen LogP contribution in [0.2, 0.25) is 0 Å². The van der Waals surface area contributed by atoms with Gasteiger partial charge in [-0.05, 0) is 18.2 Å². The van der Waals surface area contributed by atoms with Gasteiger partial charge in [0.1, 0.15) is 18.1 Å². The molecule has 0 radical (unpaired) electrons. The first-order valence-corrected chi connectivity index (χ1v) is 6.14. The van der Waals surface area contributed by atoms with Crippen molar-refractivity contribution >= 4 is 22.2 Å². The van der Waals surface area contributed by atoms with Gasteiger partial charge in [0.2, 0.25) is 0 Å². The maximum atomic E-state index is 10.8. The third-order valence-corrected chi connectivity index (χ3v) is 3.24. The van der Waals surface area contributed by atoms with E-state index in [0.29, 0.717) is 24.2 Å². The van der Waals surface area contributed by atoms with Gasteiger partial charge in [-0.15, -0.1) is 0 Å². The van der Waals surface area contributed by atoms with E-state index in [1.165, 1.54) is 18.2 Å². The lowest BCUT2D eigenvalue weighted by atomic mass is 10.2. The molecule has 0 aromatic heterocycles. The molecule has 0 saturated heterocycles. The average molecular weight is 307 g/mol. The predicted molar refractivity (Wildman–Crippen MR) is 72.0 cm³/mol. The highest BCUT2D eigenvalue weighted by Gasteiger charge is 2.06. The average Bonchev–Trinajstić information content (AvgIpc) is 2.38. The molecule has 0 heterocycles. The molecule has 0 aliphatic rings. The molecule has 4 heteroatoms. The molecule has 0 atom stereocenters. The van der Waals surface area contributed by atoms with Gasteiger partial charge < -0.3 is 9.84 Å². The van der Waals surface area contributed by atoms with Crippen molar-refractivity contribution < 1.29 is 14.6 Å². The number of hydrogen-bond acceptors (Lipinski definition) is 3. The molecule has 0 fully saturated rings. The molecular formula is C14H11BrO3. The number of aromatic hydroxyl groups is 1. The summed E-state index contributed by atoms with van der Waals surface area (Å²) in [5.74, 6) is 0.448. The van der Waals surface area contributed by atoms with Crippen molar-refractivity contribution in [2.24, 2.45) is 0 Å². The Bertz CT molecular complexity index is 567. The van der Waals surface area contributed by atoms with Crippen LogP contribution in [0, 0.1) is 0 Å². The molecule has 0 saturated carbocycles. The monoisotopic (exact) mass is 306 g/mol. The molecule has 3 nitrogen and oxygen atoms in total. The van der Waals surface area contributed by atoms with E-state index >= 15 is 0 Å². The van der Waals surface area contributed by atoms with Crippen LogP contribution < -0.4 is 4.74 Å². The maximum Gasteiger partial charge on any atom is 0.153 e. The van der Waals surface area contributed by atoms with E-state index in [0.717, 1.165) is 10.0 Å². The van der Waals surface area contributed by atoms with Crippen molar-refractivity contribution in [3.8, 4) is 11.5 Å². The Morgan fingerprint density at radius 2 is 2.00 bits per heavy atom. The van der Waals surface area contributed by atoms with Crippen LogP contribution in [0.15, 0.2) is 46.9 Å². The Morgan fingerprint density at radius 3 is 2.72 bits per heavy atom. The summed E-state index contributed by atoms with van der Waals surface area (Å²) < 4.78 is 6.50. The standard InChI is InChI=1S/C14H11BrO3/c15-13-4-2-1-3-11(13)9-18-14-7-12(17)6-5-10(14)8-16/h1-8,17H,9H2. The fourth-order valence-electron chi connectivity index (χ4n) is 1.52. The molecular weight excluding hydrogens is 296 g/mol. The van der Waals surface area contributed by atoms with E-state index < -0.39 is 0 Å². The van der Waals surface area contributed by atoms with Crippen molar-refractivity contribution in [1.29, 1.82) is 0 Å². The molecule has 0 spiro atoms. The maximum absolute atomic E-state index is 10.8. The fourth-order valence-corrected chi connectivity index (χ4v) is 1.92. The van der Waals surface area contributed by atoms with E-state index in [-0.39, 0.29) is 5.75 Å². The summed E-state index contributed by atoms with van der Waals surface area (Å²) >= 11 is 3.42. The quantitative estimate of drug-likeness (QED) is 0.879. The van der Waals surface area contributed by atoms with Gasteiger partial charge in [-0.2, -0.15) is 0 Å². The van der Waals surface area contributed by atoms with E-state index in [4.69, 9.17) is 4.74 Å². The summed E-state index contributed by atoms with van der Waals surface area (Å²) in [4.78, 5) is 10.8. The fraction of sp³-hybridized carbons (Fsp3) is 0.0714. The molecule has 0 aliphatic carbocycles. The molecule has 0 amide bonds. The van der Waals surface area contributed by atoms with Gasteiger partial charge in [-0.25, -0.2) is 0 Å². The second kappa shape index (κ2) is 5.69. The summed E-state index contributed by atoms with van der Waals surface area (Å²) in [7, 11) is 0. The first-order chi connectivity index (χ1) is 8.70. The minimum atomic E-state index is 0.0720. The Labute approximate surface area is 113 Å². The SMILES string of the molecule is O=Cc1ccc(O)cc1OCc1ccccc1Br. The molecule has 0 bridgehead atoms. The van der Waals surface area contributed by atoms with Crippen LogP contribution in [-0.4, -0.2) is 11.4 Å². The minimum Gasteiger partial charge on any atom is -0.508 e. The van der Waals surface area contributed by atoms with Crippen LogP contribution >= 0.6 is 15.9 Å². The van der Waals surface area contributed by atoms with Gasteiger partial charge in [0.25, 0.3) is 0 Å². The highest BCUT2D eigenvalue weighted by molar-refractivity contribution is 9.10. The van der Waals surface area contributed by atoms with Crippen molar-refractivity contribution in [1.82, 2.24) is 0 Å². The minimum absolute atomic E-state index is 0.0720. The predicted octanol–water partition coefficient (Wildman–Crippen LogP) is 3.55. The zero-order chi connectivity index (χ0) is 13.0. The van der Waals surface area contributed by atoms with Crippen molar-refractivity contribution in [3.05, 3.63) is 58.1 Å². The van der Waals surface area contributed by atoms with Crippen LogP contribution in [0.1, 0.15) is 15.9 Å². The molecule has 92 valence electrons. The second-order valence-corrected chi connectivity index (χ2v) is 4.57. The number of carbonyl (C=O) groups is 1. The smallest absolute Gasteiger partial charge is 0.153 e. The Balaban J connectivity index is 2.18. The van der Waals surface area contributed by atoms with E-state index in [9.17, 15) is 9.90 Å². The number of hydrogen-bond donors (Lipinski definition) is 1. The van der Waals surface area contributed by atoms with Gasteiger partial charge >= 0.3 is 0 Å². The summed E-state index contributed by atoms with van der Waals surface area (Å²) in [5, 5.41) is 9.38. The molecule has 2 aromatic rings. The second-order valence-electron chi connectivity index (χ2n) is 3.72. The summed E-state index contributed by atoms with van der Waals surface area (Å²) in [6, 6.07) is 12.1. The van der Waals surface area contributed by atoms with Crippen LogP contribution in [0.4, 0.5) is 0 Å². The topological polar surface area (TPSA) is 46.5 Å². The van der Waals surface area contributed by atoms with E-state index in [2.05, 4.69) is 15.9 Å². The lowest BCUT2D eigenvalue weighted by Gasteiger charge is -2.10. The Hall–Kier alpha value is -1.81. The molecule has 2 aromatic carbocycles. The number of halogens is 1. The van der Waals surface area contributed by atoms with E-state index in [1.54, 1.807) is 0 Å². The lowest BCUT2D eigenvalue weighted by molar-refractivity contribution is 0.111. The van der Waals surface area contributed by atoms with E-state index in [1.807, 2.05) is 24.3 Å². The first-order valence-electron chi connectivity index (χ1n) is 5.35. The Kier molecular flexibility index (Phi) is 3.99. The lowest BCUT2D eigenvalue weighted by Crippen LogP contribution is -1.98. The molecule has 0 unspecified atom stereocenters. The zero-order valence-electron chi connectivity index (χ0n) is 9.47. The number of ether oxygens (including phenoxy) is 1. The highest BCUT2D eigenvalue weighted by atomic mass is 79.9. The number of benzene rings is 2. The van der Waals surface area contributed by atoms with Crippen molar-refractivity contribution in [2.75, 3.05) is 0 Å². The molecule has 18 heavy (non-hydrogen) atoms.